The number of aromatic nitrogens is 1. The van der Waals surface area contributed by atoms with E-state index >= 15 is 0 Å². The summed E-state index contributed by atoms with van der Waals surface area (Å²) in [5.74, 6) is 1.58. The van der Waals surface area contributed by atoms with Gasteiger partial charge in [-0.05, 0) is 31.2 Å². The maximum atomic E-state index is 12.7. The molecule has 1 amide bonds. The number of nitrogens with one attached hydrogen (secondary N) is 1. The number of hydrogen-bond donors (Lipinski definition) is 1. The van der Waals surface area contributed by atoms with Crippen LogP contribution >= 0.6 is 0 Å². The largest absolute Gasteiger partial charge is 0.496 e. The molecule has 31 heavy (non-hydrogen) atoms. The van der Waals surface area contributed by atoms with Crippen LogP contribution in [-0.4, -0.2) is 36.0 Å². The van der Waals surface area contributed by atoms with Gasteiger partial charge in [-0.15, -0.1) is 0 Å². The van der Waals surface area contributed by atoms with E-state index in [2.05, 4.69) is 15.2 Å². The molecule has 0 saturated heterocycles. The lowest BCUT2D eigenvalue weighted by Gasteiger charge is -2.24. The van der Waals surface area contributed by atoms with Crippen LogP contribution in [0.25, 0.3) is 0 Å². The number of carbonyl (C=O) groups is 1. The molecule has 2 aromatic carbocycles. The summed E-state index contributed by atoms with van der Waals surface area (Å²) in [5.41, 5.74) is 3.82. The maximum Gasteiger partial charge on any atom is 0.234 e. The zero-order chi connectivity index (χ0) is 21.6. The third-order valence-electron chi connectivity index (χ3n) is 5.33. The number of ether oxygens (including phenoxy) is 2. The lowest BCUT2D eigenvalue weighted by molar-refractivity contribution is -0.122. The van der Waals surface area contributed by atoms with Crippen LogP contribution in [0.4, 0.5) is 0 Å². The van der Waals surface area contributed by atoms with Crippen molar-refractivity contribution in [2.75, 3.05) is 20.2 Å². The summed E-state index contributed by atoms with van der Waals surface area (Å²) < 4.78 is 11.9. The fourth-order valence-corrected chi connectivity index (χ4v) is 3.84. The molecule has 1 aliphatic rings. The van der Waals surface area contributed by atoms with Crippen LogP contribution in [0.3, 0.4) is 0 Å². The molecule has 6 nitrogen and oxygen atoms in total. The Kier molecular flexibility index (Phi) is 6.48. The second-order valence-corrected chi connectivity index (χ2v) is 7.67. The van der Waals surface area contributed by atoms with Gasteiger partial charge in [-0.1, -0.05) is 42.5 Å². The Hall–Kier alpha value is -3.38. The molecule has 3 aromatic rings. The van der Waals surface area contributed by atoms with E-state index in [0.29, 0.717) is 19.6 Å². The van der Waals surface area contributed by atoms with Crippen molar-refractivity contribution in [1.82, 2.24) is 15.2 Å². The number of amides is 1. The average Bonchev–Trinajstić information content (AvgIpc) is 2.96. The molecule has 0 spiro atoms. The highest BCUT2D eigenvalue weighted by Crippen LogP contribution is 2.34. The molecule has 2 heterocycles. The van der Waals surface area contributed by atoms with Crippen LogP contribution in [0.2, 0.25) is 0 Å². The van der Waals surface area contributed by atoms with Gasteiger partial charge in [-0.25, -0.2) is 0 Å². The quantitative estimate of drug-likeness (QED) is 0.663. The van der Waals surface area contributed by atoms with Gasteiger partial charge in [0.1, 0.15) is 17.6 Å². The average molecular weight is 418 g/mol. The van der Waals surface area contributed by atoms with E-state index in [0.717, 1.165) is 34.0 Å². The first kappa shape index (κ1) is 20.9. The highest BCUT2D eigenvalue weighted by molar-refractivity contribution is 5.78. The first-order valence-electron chi connectivity index (χ1n) is 10.4. The molecule has 6 heteroatoms. The molecule has 1 aliphatic heterocycles. The number of hydrogen-bond acceptors (Lipinski definition) is 5. The van der Waals surface area contributed by atoms with Crippen molar-refractivity contribution in [3.8, 4) is 11.5 Å². The fraction of sp³-hybridized carbons (Fsp3) is 0.280. The Morgan fingerprint density at radius 2 is 1.94 bits per heavy atom. The van der Waals surface area contributed by atoms with Crippen molar-refractivity contribution in [3.63, 3.8) is 0 Å². The summed E-state index contributed by atoms with van der Waals surface area (Å²) in [7, 11) is 1.66. The van der Waals surface area contributed by atoms with E-state index in [1.54, 1.807) is 7.11 Å². The normalized spacial score (nSPS) is 16.0. The van der Waals surface area contributed by atoms with Crippen LogP contribution in [-0.2, 0) is 17.9 Å². The van der Waals surface area contributed by atoms with E-state index in [9.17, 15) is 4.79 Å². The van der Waals surface area contributed by atoms with Gasteiger partial charge >= 0.3 is 0 Å². The topological polar surface area (TPSA) is 63.7 Å². The molecule has 0 saturated carbocycles. The molecule has 4 rings (SSSR count). The fourth-order valence-electron chi connectivity index (χ4n) is 3.84. The molecule has 1 N–H and O–H groups in total. The zero-order valence-corrected chi connectivity index (χ0v) is 17.9. The number of rotatable bonds is 6. The third kappa shape index (κ3) is 5.22. The van der Waals surface area contributed by atoms with Gasteiger partial charge in [0.2, 0.25) is 5.91 Å². The Labute approximate surface area is 182 Å². The second kappa shape index (κ2) is 9.62. The number of benzene rings is 2. The molecule has 0 radical (unpaired) electrons. The molecule has 1 atom stereocenters. The van der Waals surface area contributed by atoms with Crippen molar-refractivity contribution < 1.29 is 14.3 Å². The summed E-state index contributed by atoms with van der Waals surface area (Å²) >= 11 is 0. The monoisotopic (exact) mass is 417 g/mol. The molecular weight excluding hydrogens is 390 g/mol. The Bertz CT molecular complexity index is 1050. The third-order valence-corrected chi connectivity index (χ3v) is 5.33. The van der Waals surface area contributed by atoms with Crippen LogP contribution in [0, 0.1) is 6.92 Å². The van der Waals surface area contributed by atoms with E-state index < -0.39 is 0 Å². The first-order valence-corrected chi connectivity index (χ1v) is 10.4. The molecule has 0 bridgehead atoms. The van der Waals surface area contributed by atoms with Gasteiger partial charge < -0.3 is 14.8 Å². The predicted octanol–water partition coefficient (Wildman–Crippen LogP) is 3.65. The predicted molar refractivity (Wildman–Crippen MR) is 119 cm³/mol. The summed E-state index contributed by atoms with van der Waals surface area (Å²) in [6.45, 7) is 3.84. The Balaban J connectivity index is 1.50. The van der Waals surface area contributed by atoms with E-state index in [4.69, 9.17) is 9.47 Å². The van der Waals surface area contributed by atoms with Gasteiger partial charge in [0.05, 0.1) is 25.9 Å². The van der Waals surface area contributed by atoms with E-state index in [-0.39, 0.29) is 18.6 Å². The van der Waals surface area contributed by atoms with E-state index in [1.165, 1.54) is 0 Å². The van der Waals surface area contributed by atoms with Gasteiger partial charge in [-0.3, -0.25) is 14.7 Å². The lowest BCUT2D eigenvalue weighted by atomic mass is 10.1. The minimum atomic E-state index is -0.244. The van der Waals surface area contributed by atoms with Gasteiger partial charge in [-0.2, -0.15) is 0 Å². The molecule has 160 valence electrons. The van der Waals surface area contributed by atoms with Crippen LogP contribution in [0.15, 0.2) is 66.7 Å². The van der Waals surface area contributed by atoms with Gasteiger partial charge in [0, 0.05) is 29.9 Å². The number of nitrogens with zero attached hydrogens (tertiary/aromatic N) is 2. The number of fused-ring (bicyclic) bond motifs is 1. The Morgan fingerprint density at radius 3 is 2.77 bits per heavy atom. The first-order chi connectivity index (χ1) is 15.1. The smallest absolute Gasteiger partial charge is 0.234 e. The van der Waals surface area contributed by atoms with Gasteiger partial charge in [0.25, 0.3) is 0 Å². The second-order valence-electron chi connectivity index (χ2n) is 7.67. The highest BCUT2D eigenvalue weighted by Gasteiger charge is 2.27. The van der Waals surface area contributed by atoms with Crippen molar-refractivity contribution >= 4 is 5.91 Å². The molecule has 0 aliphatic carbocycles. The molecule has 1 unspecified atom stereocenters. The lowest BCUT2D eigenvalue weighted by Crippen LogP contribution is -2.38. The summed E-state index contributed by atoms with van der Waals surface area (Å²) in [4.78, 5) is 19.3. The summed E-state index contributed by atoms with van der Waals surface area (Å²) in [6, 6.07) is 21.7. The van der Waals surface area contributed by atoms with Crippen LogP contribution in [0.5, 0.6) is 11.5 Å². The van der Waals surface area contributed by atoms with Crippen LogP contribution < -0.4 is 14.8 Å². The number of aryl methyl sites for hydroxylation is 1. The van der Waals surface area contributed by atoms with Crippen LogP contribution in [0.1, 0.15) is 28.6 Å². The Morgan fingerprint density at radius 1 is 1.13 bits per heavy atom. The minimum Gasteiger partial charge on any atom is -0.496 e. The number of pyridine rings is 1. The number of carbonyl (C=O) groups excluding carboxylic acids is 1. The number of methoxy groups -OCH3 is 1. The highest BCUT2D eigenvalue weighted by atomic mass is 16.5. The maximum absolute atomic E-state index is 12.7. The molecule has 1 aromatic heterocycles. The van der Waals surface area contributed by atoms with Crippen molar-refractivity contribution in [3.05, 3.63) is 89.2 Å². The van der Waals surface area contributed by atoms with Crippen molar-refractivity contribution in [2.45, 2.75) is 26.1 Å². The summed E-state index contributed by atoms with van der Waals surface area (Å²) in [5, 5.41) is 2.99. The van der Waals surface area contributed by atoms with Crippen molar-refractivity contribution in [1.29, 1.82) is 0 Å². The zero-order valence-electron chi connectivity index (χ0n) is 17.9. The standard InChI is InChI=1S/C25H27N3O3/c1-18-8-7-10-20(27-18)14-26-25(29)17-28-15-19-9-3-5-12-22(19)31-24(16-28)21-11-4-6-13-23(21)30-2/h3-13,24H,14-17H2,1-2H3,(H,26,29). The minimum absolute atomic E-state index is 0.0403. The summed E-state index contributed by atoms with van der Waals surface area (Å²) in [6.07, 6.45) is -0.244. The van der Waals surface area contributed by atoms with E-state index in [1.807, 2.05) is 73.7 Å². The van der Waals surface area contributed by atoms with Gasteiger partial charge in [0.15, 0.2) is 0 Å². The number of para-hydroxylation sites is 2. The van der Waals surface area contributed by atoms with Crippen molar-refractivity contribution in [2.24, 2.45) is 0 Å². The molecular formula is C25H27N3O3. The molecule has 0 fully saturated rings. The SMILES string of the molecule is COc1ccccc1C1CN(CC(=O)NCc2cccc(C)n2)Cc2ccccc2O1.